The molecule has 2 fully saturated rings. The van der Waals surface area contributed by atoms with Gasteiger partial charge in [-0.15, -0.1) is 0 Å². The van der Waals surface area contributed by atoms with Crippen LogP contribution in [-0.2, 0) is 4.74 Å². The molecule has 1 saturated carbocycles. The van der Waals surface area contributed by atoms with Crippen molar-refractivity contribution in [3.8, 4) is 0 Å². The van der Waals surface area contributed by atoms with E-state index in [2.05, 4.69) is 44.8 Å². The van der Waals surface area contributed by atoms with Gasteiger partial charge in [0, 0.05) is 25.2 Å². The van der Waals surface area contributed by atoms with Gasteiger partial charge in [-0.05, 0) is 53.5 Å². The van der Waals surface area contributed by atoms with Gasteiger partial charge in [-0.3, -0.25) is 4.90 Å². The molecular formula is C17H34N2O. The van der Waals surface area contributed by atoms with Gasteiger partial charge >= 0.3 is 0 Å². The van der Waals surface area contributed by atoms with E-state index in [0.29, 0.717) is 12.1 Å². The zero-order valence-corrected chi connectivity index (χ0v) is 14.2. The van der Waals surface area contributed by atoms with Crippen LogP contribution >= 0.6 is 0 Å². The Morgan fingerprint density at radius 3 is 2.25 bits per heavy atom. The Morgan fingerprint density at radius 2 is 1.65 bits per heavy atom. The number of rotatable bonds is 4. The molecule has 1 heterocycles. The lowest BCUT2D eigenvalue weighted by Gasteiger charge is -2.52. The van der Waals surface area contributed by atoms with Gasteiger partial charge in [-0.25, -0.2) is 0 Å². The molecule has 1 aliphatic carbocycles. The lowest BCUT2D eigenvalue weighted by atomic mass is 9.86. The first-order valence-corrected chi connectivity index (χ1v) is 8.51. The molecule has 0 bridgehead atoms. The first kappa shape index (κ1) is 16.3. The molecule has 0 aromatic rings. The van der Waals surface area contributed by atoms with Crippen molar-refractivity contribution in [2.24, 2.45) is 0 Å². The highest BCUT2D eigenvalue weighted by Gasteiger charge is 2.42. The number of ether oxygens (including phenoxy) is 1. The third kappa shape index (κ3) is 4.19. The van der Waals surface area contributed by atoms with E-state index < -0.39 is 0 Å². The van der Waals surface area contributed by atoms with E-state index in [4.69, 9.17) is 4.74 Å². The van der Waals surface area contributed by atoms with Gasteiger partial charge in [0.15, 0.2) is 0 Å². The van der Waals surface area contributed by atoms with Crippen molar-refractivity contribution in [3.05, 3.63) is 0 Å². The Labute approximate surface area is 125 Å². The number of nitrogens with one attached hydrogen (secondary N) is 1. The molecule has 20 heavy (non-hydrogen) atoms. The molecule has 1 aliphatic heterocycles. The summed E-state index contributed by atoms with van der Waals surface area (Å²) in [5.41, 5.74) is -0.0665. The average Bonchev–Trinajstić information content (AvgIpc) is 2.33. The smallest absolute Gasteiger partial charge is 0.0760 e. The van der Waals surface area contributed by atoms with E-state index in [0.717, 1.165) is 19.6 Å². The van der Waals surface area contributed by atoms with Crippen LogP contribution in [0.2, 0.25) is 0 Å². The van der Waals surface area contributed by atoms with Crippen LogP contribution in [0.25, 0.3) is 0 Å². The molecule has 2 aliphatic rings. The van der Waals surface area contributed by atoms with Crippen LogP contribution in [0.1, 0.15) is 66.7 Å². The van der Waals surface area contributed by atoms with Gasteiger partial charge in [-0.2, -0.15) is 0 Å². The topological polar surface area (TPSA) is 24.5 Å². The fourth-order valence-corrected chi connectivity index (χ4v) is 4.20. The lowest BCUT2D eigenvalue weighted by Crippen LogP contribution is -2.63. The largest absolute Gasteiger partial charge is 0.367 e. The van der Waals surface area contributed by atoms with E-state index >= 15 is 0 Å². The molecule has 3 nitrogen and oxygen atoms in total. The SMILES string of the molecule is CCCNC1CCCCC1N1CC(C)(C)OC(C)(C)C1. The van der Waals surface area contributed by atoms with Gasteiger partial charge < -0.3 is 10.1 Å². The highest BCUT2D eigenvalue weighted by molar-refractivity contribution is 4.96. The Hall–Kier alpha value is -0.120. The highest BCUT2D eigenvalue weighted by Crippen LogP contribution is 2.33. The van der Waals surface area contributed by atoms with E-state index in [9.17, 15) is 0 Å². The fourth-order valence-electron chi connectivity index (χ4n) is 4.20. The Bertz CT molecular complexity index is 298. The van der Waals surface area contributed by atoms with Crippen molar-refractivity contribution >= 4 is 0 Å². The molecule has 1 saturated heterocycles. The maximum absolute atomic E-state index is 6.24. The number of hydrogen-bond acceptors (Lipinski definition) is 3. The summed E-state index contributed by atoms with van der Waals surface area (Å²) < 4.78 is 6.24. The van der Waals surface area contributed by atoms with E-state index in [-0.39, 0.29) is 11.2 Å². The second kappa shape index (κ2) is 6.33. The third-order valence-electron chi connectivity index (χ3n) is 4.58. The molecule has 0 aromatic heterocycles. The van der Waals surface area contributed by atoms with Crippen molar-refractivity contribution < 1.29 is 4.74 Å². The minimum atomic E-state index is -0.0332. The maximum atomic E-state index is 6.24. The van der Waals surface area contributed by atoms with Crippen LogP contribution in [0.3, 0.4) is 0 Å². The fraction of sp³-hybridized carbons (Fsp3) is 1.00. The van der Waals surface area contributed by atoms with Gasteiger partial charge in [0.2, 0.25) is 0 Å². The molecule has 0 spiro atoms. The summed E-state index contributed by atoms with van der Waals surface area (Å²) in [4.78, 5) is 2.70. The Morgan fingerprint density at radius 1 is 1.05 bits per heavy atom. The van der Waals surface area contributed by atoms with Crippen LogP contribution in [-0.4, -0.2) is 47.8 Å². The summed E-state index contributed by atoms with van der Waals surface area (Å²) in [5, 5.41) is 3.79. The minimum Gasteiger partial charge on any atom is -0.367 e. The first-order valence-electron chi connectivity index (χ1n) is 8.51. The monoisotopic (exact) mass is 282 g/mol. The summed E-state index contributed by atoms with van der Waals surface area (Å²) in [6.45, 7) is 14.5. The second-order valence-corrected chi connectivity index (χ2v) is 7.94. The Kier molecular flexibility index (Phi) is 5.14. The third-order valence-corrected chi connectivity index (χ3v) is 4.58. The van der Waals surface area contributed by atoms with Crippen molar-refractivity contribution in [1.82, 2.24) is 10.2 Å². The maximum Gasteiger partial charge on any atom is 0.0760 e. The number of morpholine rings is 1. The number of hydrogen-bond donors (Lipinski definition) is 1. The molecule has 0 aromatic carbocycles. The van der Waals surface area contributed by atoms with Crippen LogP contribution in [0.15, 0.2) is 0 Å². The van der Waals surface area contributed by atoms with Gasteiger partial charge in [0.05, 0.1) is 11.2 Å². The predicted molar refractivity (Wildman–Crippen MR) is 85.2 cm³/mol. The van der Waals surface area contributed by atoms with Crippen molar-refractivity contribution in [1.29, 1.82) is 0 Å². The highest BCUT2D eigenvalue weighted by atomic mass is 16.5. The summed E-state index contributed by atoms with van der Waals surface area (Å²) in [5.74, 6) is 0. The molecule has 2 rings (SSSR count). The molecular weight excluding hydrogens is 248 g/mol. The summed E-state index contributed by atoms with van der Waals surface area (Å²) in [7, 11) is 0. The minimum absolute atomic E-state index is 0.0332. The summed E-state index contributed by atoms with van der Waals surface area (Å²) in [6.07, 6.45) is 6.67. The zero-order chi connectivity index (χ0) is 14.8. The predicted octanol–water partition coefficient (Wildman–Crippen LogP) is 3.19. The van der Waals surface area contributed by atoms with Gasteiger partial charge in [0.25, 0.3) is 0 Å². The molecule has 0 radical (unpaired) electrons. The number of nitrogens with zero attached hydrogens (tertiary/aromatic N) is 1. The molecule has 3 heteroatoms. The Balaban J connectivity index is 2.06. The lowest BCUT2D eigenvalue weighted by molar-refractivity contribution is -0.191. The van der Waals surface area contributed by atoms with Crippen molar-refractivity contribution in [2.75, 3.05) is 19.6 Å². The zero-order valence-electron chi connectivity index (χ0n) is 14.2. The molecule has 2 atom stereocenters. The first-order chi connectivity index (χ1) is 9.33. The van der Waals surface area contributed by atoms with E-state index in [1.165, 1.54) is 32.1 Å². The van der Waals surface area contributed by atoms with Crippen LogP contribution in [0.4, 0.5) is 0 Å². The van der Waals surface area contributed by atoms with Crippen LogP contribution in [0.5, 0.6) is 0 Å². The summed E-state index contributed by atoms with van der Waals surface area (Å²) in [6, 6.07) is 1.37. The van der Waals surface area contributed by atoms with Crippen LogP contribution in [0, 0.1) is 0 Å². The van der Waals surface area contributed by atoms with E-state index in [1.807, 2.05) is 0 Å². The average molecular weight is 282 g/mol. The van der Waals surface area contributed by atoms with E-state index in [1.54, 1.807) is 0 Å². The van der Waals surface area contributed by atoms with Crippen molar-refractivity contribution in [2.45, 2.75) is 90.0 Å². The van der Waals surface area contributed by atoms with Gasteiger partial charge in [0.1, 0.15) is 0 Å². The van der Waals surface area contributed by atoms with Crippen LogP contribution < -0.4 is 5.32 Å². The quantitative estimate of drug-likeness (QED) is 0.857. The second-order valence-electron chi connectivity index (χ2n) is 7.94. The molecule has 118 valence electrons. The van der Waals surface area contributed by atoms with Crippen molar-refractivity contribution in [3.63, 3.8) is 0 Å². The standard InChI is InChI=1S/C17H34N2O/c1-6-11-18-14-9-7-8-10-15(14)19-12-16(2,3)20-17(4,5)13-19/h14-15,18H,6-13H2,1-5H3. The molecule has 0 amide bonds. The van der Waals surface area contributed by atoms with Gasteiger partial charge in [-0.1, -0.05) is 19.8 Å². The summed E-state index contributed by atoms with van der Waals surface area (Å²) >= 11 is 0. The normalized spacial score (nSPS) is 34.0. The molecule has 2 unspecified atom stereocenters. The molecule has 1 N–H and O–H groups in total.